The lowest BCUT2D eigenvalue weighted by Gasteiger charge is -2.32. The minimum Gasteiger partial charge on any atom is -0.436 e. The Kier molecular flexibility index (Phi) is 7.62. The number of hydrogen-bond acceptors (Lipinski definition) is 5. The fourth-order valence-electron chi connectivity index (χ4n) is 5.62. The van der Waals surface area contributed by atoms with Gasteiger partial charge < -0.3 is 9.64 Å². The summed E-state index contributed by atoms with van der Waals surface area (Å²) in [6.07, 6.45) is -3.74. The highest BCUT2D eigenvalue weighted by atomic mass is 19.4. The first-order chi connectivity index (χ1) is 19.8. The Balaban J connectivity index is 1.36. The summed E-state index contributed by atoms with van der Waals surface area (Å²) in [6, 6.07) is 4.77. The van der Waals surface area contributed by atoms with Crippen LogP contribution in [0.15, 0.2) is 60.3 Å². The predicted octanol–water partition coefficient (Wildman–Crippen LogP) is 5.63. The smallest absolute Gasteiger partial charge is 0.411 e. The van der Waals surface area contributed by atoms with Gasteiger partial charge in [0.25, 0.3) is 6.43 Å². The maximum absolute atomic E-state index is 13.6. The summed E-state index contributed by atoms with van der Waals surface area (Å²) < 4.78 is 86.3. The highest BCUT2D eigenvalue weighted by Crippen LogP contribution is 2.49. The number of ketones is 1. The molecule has 1 spiro atoms. The molecular weight excluding hydrogens is 568 g/mol. The van der Waals surface area contributed by atoms with Crippen LogP contribution in [-0.4, -0.2) is 63.5 Å². The number of carbonyl (C=O) groups is 3. The number of amides is 2. The first-order valence-electron chi connectivity index (χ1n) is 13.1. The summed E-state index contributed by atoms with van der Waals surface area (Å²) in [5, 5.41) is 0. The molecular formula is C29H25F6N3O4. The molecule has 2 aromatic rings. The number of hydrogen-bond donors (Lipinski definition) is 0. The van der Waals surface area contributed by atoms with Crippen molar-refractivity contribution in [3.8, 4) is 0 Å². The van der Waals surface area contributed by atoms with Crippen molar-refractivity contribution in [1.82, 2.24) is 14.8 Å². The number of pyridine rings is 1. The van der Waals surface area contributed by atoms with E-state index in [1.54, 1.807) is 6.08 Å². The van der Waals surface area contributed by atoms with Crippen molar-refractivity contribution in [2.45, 2.75) is 50.6 Å². The fourth-order valence-corrected chi connectivity index (χ4v) is 5.62. The number of carbonyl (C=O) groups excluding carboxylic acids is 3. The lowest BCUT2D eigenvalue weighted by molar-refractivity contribution is -0.187. The van der Waals surface area contributed by atoms with Crippen LogP contribution >= 0.6 is 0 Å². The Morgan fingerprint density at radius 3 is 2.55 bits per heavy atom. The van der Waals surface area contributed by atoms with E-state index < -0.39 is 61.1 Å². The topological polar surface area (TPSA) is 79.8 Å². The van der Waals surface area contributed by atoms with E-state index in [1.165, 1.54) is 24.4 Å². The van der Waals surface area contributed by atoms with Crippen molar-refractivity contribution >= 4 is 23.4 Å². The Morgan fingerprint density at radius 2 is 1.88 bits per heavy atom. The molecule has 3 aliphatic rings. The molecule has 2 fully saturated rings. The van der Waals surface area contributed by atoms with Crippen molar-refractivity contribution in [3.63, 3.8) is 0 Å². The van der Waals surface area contributed by atoms with Crippen molar-refractivity contribution < 1.29 is 45.5 Å². The number of rotatable bonds is 7. The van der Waals surface area contributed by atoms with E-state index in [0.717, 1.165) is 36.1 Å². The summed E-state index contributed by atoms with van der Waals surface area (Å²) >= 11 is 0. The zero-order valence-corrected chi connectivity index (χ0v) is 22.2. The molecule has 1 saturated carbocycles. The third kappa shape index (κ3) is 5.51. The molecule has 3 atom stereocenters. The molecule has 1 aromatic carbocycles. The van der Waals surface area contributed by atoms with Gasteiger partial charge >= 0.3 is 12.3 Å². The third-order valence-corrected chi connectivity index (χ3v) is 7.90. The highest BCUT2D eigenvalue weighted by molar-refractivity contribution is 6.23. The maximum Gasteiger partial charge on any atom is 0.411 e. The van der Waals surface area contributed by atoms with Gasteiger partial charge in [-0.25, -0.2) is 18.0 Å². The molecule has 42 heavy (non-hydrogen) atoms. The van der Waals surface area contributed by atoms with Crippen LogP contribution in [0.2, 0.25) is 0 Å². The van der Waals surface area contributed by atoms with Crippen LogP contribution in [0.3, 0.4) is 0 Å². The molecule has 0 bridgehead atoms. The maximum atomic E-state index is 13.6. The van der Waals surface area contributed by atoms with Gasteiger partial charge in [-0.1, -0.05) is 18.2 Å². The summed E-state index contributed by atoms with van der Waals surface area (Å²) in [7, 11) is 0. The van der Waals surface area contributed by atoms with Gasteiger partial charge in [0, 0.05) is 29.8 Å². The van der Waals surface area contributed by atoms with E-state index in [-0.39, 0.29) is 47.6 Å². The number of halogens is 6. The molecule has 2 amide bonds. The monoisotopic (exact) mass is 593 g/mol. The van der Waals surface area contributed by atoms with Crippen LogP contribution in [0, 0.1) is 11.7 Å². The lowest BCUT2D eigenvalue weighted by Crippen LogP contribution is -2.50. The van der Waals surface area contributed by atoms with Gasteiger partial charge in [0.05, 0.1) is 12.2 Å². The number of nitrogens with zero attached hydrogens (tertiary/aromatic N) is 3. The van der Waals surface area contributed by atoms with E-state index >= 15 is 0 Å². The summed E-state index contributed by atoms with van der Waals surface area (Å²) in [4.78, 5) is 45.0. The van der Waals surface area contributed by atoms with Gasteiger partial charge in [-0.15, -0.1) is 0 Å². The average molecular weight is 594 g/mol. The molecule has 5 rings (SSSR count). The van der Waals surface area contributed by atoms with Crippen LogP contribution < -0.4 is 0 Å². The van der Waals surface area contributed by atoms with Gasteiger partial charge in [-0.3, -0.25) is 19.5 Å². The summed E-state index contributed by atoms with van der Waals surface area (Å²) in [6.45, 7) is -0.523. The SMILES string of the molecule is C[C@H](N(Cc1ccc(F)cc1)C(=O)CN1C[C@]2(CCC3C(=O)C(c4cc(C(F)F)ccn4)=CC=C32)OC1=O)C(F)(F)F. The molecule has 1 unspecified atom stereocenters. The normalized spacial score (nSPS) is 22.7. The van der Waals surface area contributed by atoms with Crippen LogP contribution in [0.4, 0.5) is 31.1 Å². The zero-order valence-electron chi connectivity index (χ0n) is 22.2. The molecule has 7 nitrogen and oxygen atoms in total. The van der Waals surface area contributed by atoms with Gasteiger partial charge in [-0.05, 0) is 61.2 Å². The molecule has 1 aromatic heterocycles. The molecule has 13 heteroatoms. The number of alkyl halides is 5. The zero-order chi connectivity index (χ0) is 30.4. The lowest BCUT2D eigenvalue weighted by atomic mass is 9.82. The first kappa shape index (κ1) is 29.3. The number of allylic oxidation sites excluding steroid dienone is 3. The van der Waals surface area contributed by atoms with Crippen LogP contribution in [0.1, 0.15) is 43.0 Å². The molecule has 0 radical (unpaired) electrons. The molecule has 2 heterocycles. The summed E-state index contributed by atoms with van der Waals surface area (Å²) in [5.41, 5.74) is -0.597. The Morgan fingerprint density at radius 1 is 1.17 bits per heavy atom. The van der Waals surface area contributed by atoms with Crippen LogP contribution in [0.25, 0.3) is 5.57 Å². The number of fused-ring (bicyclic) bond motifs is 2. The minimum atomic E-state index is -4.76. The van der Waals surface area contributed by atoms with Gasteiger partial charge in [-0.2, -0.15) is 13.2 Å². The molecule has 1 saturated heterocycles. The Labute approximate surface area is 236 Å². The third-order valence-electron chi connectivity index (χ3n) is 7.90. The van der Waals surface area contributed by atoms with Crippen molar-refractivity contribution in [2.24, 2.45) is 5.92 Å². The Bertz CT molecular complexity index is 1470. The van der Waals surface area contributed by atoms with E-state index in [1.807, 2.05) is 0 Å². The second-order valence-corrected chi connectivity index (χ2v) is 10.5. The van der Waals surface area contributed by atoms with Gasteiger partial charge in [0.2, 0.25) is 5.91 Å². The minimum absolute atomic E-state index is 0.0877. The number of Topliss-reactive ketones (excluding diaryl/α,β-unsaturated/α-hetero) is 1. The van der Waals surface area contributed by atoms with Crippen molar-refractivity contribution in [1.29, 1.82) is 0 Å². The van der Waals surface area contributed by atoms with Gasteiger partial charge in [0.1, 0.15) is 18.4 Å². The van der Waals surface area contributed by atoms with Gasteiger partial charge in [0.15, 0.2) is 11.4 Å². The number of benzene rings is 1. The van der Waals surface area contributed by atoms with Crippen LogP contribution in [0.5, 0.6) is 0 Å². The van der Waals surface area contributed by atoms with Crippen molar-refractivity contribution in [2.75, 3.05) is 13.1 Å². The number of aromatic nitrogens is 1. The molecule has 222 valence electrons. The average Bonchev–Trinajstić information content (AvgIpc) is 3.46. The largest absolute Gasteiger partial charge is 0.436 e. The standard InChI is InChI=1S/C29H25F6N3O4/c1-16(29(33,34)35)38(13-17-2-4-19(30)5-3-17)24(39)14-37-15-28(42-27(37)41)10-8-20-22(28)7-6-21(25(20)40)23-12-18(26(31)32)9-11-36-23/h2-7,9,11-12,16,20,26H,8,10,13-15H2,1H3/t16-,20?,28-/m0/s1. The second kappa shape index (κ2) is 10.9. The Hall–Kier alpha value is -4.16. The predicted molar refractivity (Wildman–Crippen MR) is 136 cm³/mol. The highest BCUT2D eigenvalue weighted by Gasteiger charge is 2.56. The van der Waals surface area contributed by atoms with Crippen molar-refractivity contribution in [3.05, 3.63) is 83.0 Å². The van der Waals surface area contributed by atoms with E-state index in [2.05, 4.69) is 4.98 Å². The molecule has 1 aliphatic heterocycles. The van der Waals surface area contributed by atoms with E-state index in [9.17, 15) is 40.7 Å². The molecule has 2 aliphatic carbocycles. The second-order valence-electron chi connectivity index (χ2n) is 10.5. The first-order valence-corrected chi connectivity index (χ1v) is 13.1. The quantitative estimate of drug-likeness (QED) is 0.389. The van der Waals surface area contributed by atoms with Crippen LogP contribution in [-0.2, 0) is 20.9 Å². The summed E-state index contributed by atoms with van der Waals surface area (Å²) in [5.74, 6) is -2.67. The van der Waals surface area contributed by atoms with E-state index in [4.69, 9.17) is 4.74 Å². The molecule has 0 N–H and O–H groups in total. The fraction of sp³-hybridized carbons (Fsp3) is 0.379. The van der Waals surface area contributed by atoms with E-state index in [0.29, 0.717) is 10.5 Å². The number of ether oxygens (including phenoxy) is 1.